The van der Waals surface area contributed by atoms with Crippen molar-refractivity contribution in [3.63, 3.8) is 0 Å². The number of pyridine rings is 1. The van der Waals surface area contributed by atoms with Crippen LogP contribution < -0.4 is 0 Å². The summed E-state index contributed by atoms with van der Waals surface area (Å²) in [7, 11) is 0. The van der Waals surface area contributed by atoms with Gasteiger partial charge in [-0.1, -0.05) is 120 Å². The second-order valence-electron chi connectivity index (χ2n) is 12.7. The van der Waals surface area contributed by atoms with Crippen molar-refractivity contribution in [1.82, 2.24) is 14.4 Å². The fourth-order valence-electron chi connectivity index (χ4n) is 7.48. The van der Waals surface area contributed by atoms with E-state index in [1.54, 1.807) is 6.20 Å². The van der Waals surface area contributed by atoms with Gasteiger partial charge in [0.15, 0.2) is 0 Å². The molecule has 0 saturated heterocycles. The van der Waals surface area contributed by atoms with Crippen molar-refractivity contribution >= 4 is 70.8 Å². The van der Waals surface area contributed by atoms with E-state index in [0.717, 1.165) is 61.1 Å². The van der Waals surface area contributed by atoms with Crippen molar-refractivity contribution in [3.8, 4) is 22.6 Å². The maximum Gasteiger partial charge on any atom is 0.120 e. The van der Waals surface area contributed by atoms with Gasteiger partial charge in [0.2, 0.25) is 0 Å². The van der Waals surface area contributed by atoms with E-state index in [9.17, 15) is 0 Å². The molecule has 0 bridgehead atoms. The largest absolute Gasteiger partial charge is 0.501 e. The van der Waals surface area contributed by atoms with Crippen molar-refractivity contribution in [2.45, 2.75) is 0 Å². The molecule has 0 spiro atoms. The van der Waals surface area contributed by atoms with Crippen LogP contribution in [0.1, 0.15) is 0 Å². The third-order valence-electron chi connectivity index (χ3n) is 9.76. The van der Waals surface area contributed by atoms with Gasteiger partial charge in [-0.2, -0.15) is 0 Å². The second-order valence-corrected chi connectivity index (χ2v) is 12.7. The molecule has 4 nitrogen and oxygen atoms in total. The van der Waals surface area contributed by atoms with Crippen LogP contribution in [0.3, 0.4) is 0 Å². The quantitative estimate of drug-likeness (QED) is 0.163. The maximum absolute atomic E-state index is 5.97. The van der Waals surface area contributed by atoms with Gasteiger partial charge in [-0.15, -0.1) is 54.1 Å². The topological polar surface area (TPSA) is 43.3 Å². The summed E-state index contributed by atoms with van der Waals surface area (Å²) in [6, 6.07) is 65.1. The fourth-order valence-corrected chi connectivity index (χ4v) is 7.48. The number of para-hydroxylation sites is 3. The molecule has 1 radical (unpaired) electrons. The smallest absolute Gasteiger partial charge is 0.120 e. The van der Waals surface area contributed by atoms with Crippen molar-refractivity contribution in [1.29, 1.82) is 0 Å². The molecule has 0 saturated carbocycles. The monoisotopic (exact) mass is 856 g/mol. The van der Waals surface area contributed by atoms with E-state index in [2.05, 4.69) is 125 Å². The number of fused-ring (bicyclic) bond motifs is 10. The summed E-state index contributed by atoms with van der Waals surface area (Å²) >= 11 is 0. The van der Waals surface area contributed by atoms with E-state index in [4.69, 9.17) is 9.40 Å². The molecule has 11 rings (SSSR count). The average molecular weight is 856 g/mol. The number of furan rings is 1. The van der Waals surface area contributed by atoms with Crippen molar-refractivity contribution in [3.05, 3.63) is 188 Å². The SMILES string of the molecule is [Ir].[c-]1ccc2c(oc3ccccc32)c1-c1ccccn1.[c-]1ccccc1-c1nc2cccc3c4ccccc4c4ccccc4c4ccccc4n1c23. The van der Waals surface area contributed by atoms with Gasteiger partial charge in [0.1, 0.15) is 5.58 Å². The molecule has 0 aliphatic heterocycles. The Hall–Kier alpha value is -6.39. The Balaban J connectivity index is 0.000000158. The van der Waals surface area contributed by atoms with Crippen LogP contribution in [-0.2, 0) is 20.1 Å². The number of aromatic nitrogens is 3. The zero-order chi connectivity index (χ0) is 34.4. The molecule has 11 aromatic rings. The molecular weight excluding hydrogens is 827 g/mol. The van der Waals surface area contributed by atoms with Gasteiger partial charge >= 0.3 is 0 Å². The predicted octanol–water partition coefficient (Wildman–Crippen LogP) is 12.4. The number of nitrogens with zero attached hydrogens (tertiary/aromatic N) is 3. The minimum atomic E-state index is 0. The van der Waals surface area contributed by atoms with Crippen molar-refractivity contribution < 1.29 is 24.5 Å². The molecule has 0 amide bonds. The molecule has 5 heteroatoms. The van der Waals surface area contributed by atoms with Crippen LogP contribution >= 0.6 is 0 Å². The first-order chi connectivity index (χ1) is 25.8. The van der Waals surface area contributed by atoms with Gasteiger partial charge in [-0.25, -0.2) is 0 Å². The van der Waals surface area contributed by atoms with E-state index in [1.807, 2.05) is 66.7 Å². The van der Waals surface area contributed by atoms with Crippen molar-refractivity contribution in [2.75, 3.05) is 0 Å². The number of imidazole rings is 1. The second kappa shape index (κ2) is 13.6. The van der Waals surface area contributed by atoms with Gasteiger partial charge < -0.3 is 13.8 Å². The van der Waals surface area contributed by atoms with Gasteiger partial charge in [-0.05, 0) is 51.5 Å². The van der Waals surface area contributed by atoms with Crippen LogP contribution in [-0.4, -0.2) is 14.4 Å². The van der Waals surface area contributed by atoms with E-state index >= 15 is 0 Å². The molecule has 4 aromatic heterocycles. The Morgan fingerprint density at radius 3 is 1.87 bits per heavy atom. The molecule has 0 aliphatic carbocycles. The molecular formula is C48H29IrN3O-2. The third-order valence-corrected chi connectivity index (χ3v) is 9.76. The first-order valence-corrected chi connectivity index (χ1v) is 17.3. The Morgan fingerprint density at radius 2 is 1.13 bits per heavy atom. The Bertz CT molecular complexity index is 3130. The van der Waals surface area contributed by atoms with Crippen LogP contribution in [0, 0.1) is 12.1 Å². The van der Waals surface area contributed by atoms with Gasteiger partial charge in [0.25, 0.3) is 0 Å². The van der Waals surface area contributed by atoms with Crippen LogP contribution in [0.2, 0.25) is 0 Å². The maximum atomic E-state index is 5.97. The van der Waals surface area contributed by atoms with Crippen molar-refractivity contribution in [2.24, 2.45) is 0 Å². The van der Waals surface area contributed by atoms with E-state index < -0.39 is 0 Å². The molecule has 4 heterocycles. The average Bonchev–Trinajstić information content (AvgIpc) is 3.82. The molecule has 253 valence electrons. The van der Waals surface area contributed by atoms with Crippen LogP contribution in [0.5, 0.6) is 0 Å². The van der Waals surface area contributed by atoms with Crippen LogP contribution in [0.25, 0.3) is 93.5 Å². The molecule has 0 atom stereocenters. The summed E-state index contributed by atoms with van der Waals surface area (Å²) < 4.78 is 8.29. The molecule has 53 heavy (non-hydrogen) atoms. The zero-order valence-corrected chi connectivity index (χ0v) is 30.7. The minimum absolute atomic E-state index is 0. The van der Waals surface area contributed by atoms with E-state index in [1.165, 1.54) is 32.3 Å². The van der Waals surface area contributed by atoms with E-state index in [-0.39, 0.29) is 20.1 Å². The number of hydrogen-bond acceptors (Lipinski definition) is 3. The fraction of sp³-hybridized carbons (Fsp3) is 0. The Labute approximate surface area is 319 Å². The molecule has 0 aliphatic rings. The van der Waals surface area contributed by atoms with Gasteiger partial charge in [-0.3, -0.25) is 4.98 Å². The van der Waals surface area contributed by atoms with Crippen LogP contribution in [0.15, 0.2) is 180 Å². The standard InChI is InChI=1S/C31H19N2.C17H10NO.Ir/c1-2-11-21(12-3-1)31-32-28-19-10-18-27-25-16-7-5-14-23(25)22-13-4-6-15-24(22)26-17-8-9-20-29(26)33(31)30(27)28;1-2-10-16-12(6-1)13-7-5-8-14(17(13)19-16)15-9-3-4-11-18-15;/h1-11,13-20H;1-7,9-11H;/q2*-1;. The third kappa shape index (κ3) is 5.50. The normalized spacial score (nSPS) is 11.2. The summed E-state index contributed by atoms with van der Waals surface area (Å²) in [4.78, 5) is 9.51. The summed E-state index contributed by atoms with van der Waals surface area (Å²) in [6.45, 7) is 0. The Kier molecular flexibility index (Phi) is 8.36. The number of benzene rings is 7. The van der Waals surface area contributed by atoms with Gasteiger partial charge in [0, 0.05) is 48.0 Å². The molecule has 0 unspecified atom stereocenters. The molecule has 0 fully saturated rings. The number of rotatable bonds is 2. The van der Waals surface area contributed by atoms with E-state index in [0.29, 0.717) is 0 Å². The van der Waals surface area contributed by atoms with Gasteiger partial charge in [0.05, 0.1) is 22.4 Å². The summed E-state index contributed by atoms with van der Waals surface area (Å²) in [6.07, 6.45) is 1.78. The summed E-state index contributed by atoms with van der Waals surface area (Å²) in [5.74, 6) is 0.905. The first-order valence-electron chi connectivity index (χ1n) is 17.3. The minimum Gasteiger partial charge on any atom is -0.501 e. The van der Waals surface area contributed by atoms with Crippen LogP contribution in [0.4, 0.5) is 0 Å². The summed E-state index contributed by atoms with van der Waals surface area (Å²) in [5.41, 5.74) is 7.75. The molecule has 7 aromatic carbocycles. The summed E-state index contributed by atoms with van der Waals surface area (Å²) in [5, 5.41) is 9.52. The predicted molar refractivity (Wildman–Crippen MR) is 214 cm³/mol. The Morgan fingerprint density at radius 1 is 0.491 bits per heavy atom. The first kappa shape index (κ1) is 32.5. The molecule has 0 N–H and O–H groups in total. The zero-order valence-electron chi connectivity index (χ0n) is 28.3. The number of hydrogen-bond donors (Lipinski definition) is 0.